The molecule has 0 atom stereocenters. The molecule has 606 valence electrons. The molecule has 5 saturated heterocycles. The average molecular weight is 1800 g/mol. The van der Waals surface area contributed by atoms with Gasteiger partial charge in [0.1, 0.15) is 46.9 Å². The molecule has 12 rings (SSSR count). The van der Waals surface area contributed by atoms with E-state index in [1.54, 1.807) is 65.8 Å². The fraction of sp³-hybridized carbons (Fsp3) is 0.388. The Hall–Kier alpha value is -8.69. The van der Waals surface area contributed by atoms with Crippen LogP contribution in [-0.4, -0.2) is 168 Å². The van der Waals surface area contributed by atoms with Crippen molar-refractivity contribution < 1.29 is 128 Å². The largest absolute Gasteiger partial charge is 0.508 e. The summed E-state index contributed by atoms with van der Waals surface area (Å²) in [5, 5.41) is 108. The summed E-state index contributed by atoms with van der Waals surface area (Å²) in [5.74, 6) is -4.74. The first-order valence-corrected chi connectivity index (χ1v) is 38.0. The number of hydrogen-bond donors (Lipinski definition) is 12. The number of carboxylic acid groups (broad SMARTS) is 5. The average Bonchev–Trinajstić information content (AvgIpc) is 0.742. The SMILES string of the molecule is CBr.CC.CC.CC.CC(=O)Oc1cccc(C(=O)O)c1C.CC1(CO)COC1.Cc1c(C(=O)O)ccc(Br)c1O.Cc1c(C(=O)OCC2(C)COC2)ccc(Br)c1O.Cc1c(C23OCC(C)(CO2)CO3)ccc(Br)c1O.Cc1c(O)cccc1C(=O)O.Cc1c(O)cccc1C(=O)O.Cc1c(O)cccc1C(=O)O. The molecule has 110 heavy (non-hydrogen) atoms. The van der Waals surface area contributed by atoms with Crippen molar-refractivity contribution in [3.63, 3.8) is 0 Å². The van der Waals surface area contributed by atoms with Crippen LogP contribution in [0.15, 0.2) is 123 Å². The minimum absolute atomic E-state index is 0.0184. The molecule has 0 aliphatic carbocycles. The lowest BCUT2D eigenvalue weighted by Gasteiger charge is -2.50. The Morgan fingerprint density at radius 3 is 1.00 bits per heavy atom. The lowest BCUT2D eigenvalue weighted by atomic mass is 9.90. The van der Waals surface area contributed by atoms with Gasteiger partial charge in [-0.25, -0.2) is 28.8 Å². The fourth-order valence-electron chi connectivity index (χ4n) is 9.15. The maximum atomic E-state index is 11.9. The van der Waals surface area contributed by atoms with Crippen molar-refractivity contribution in [1.82, 2.24) is 0 Å². The number of aromatic carboxylic acids is 5. The molecule has 0 aromatic heterocycles. The molecule has 26 nitrogen and oxygen atoms in total. The second-order valence-corrected chi connectivity index (χ2v) is 27.2. The highest BCUT2D eigenvalue weighted by Gasteiger charge is 2.52. The quantitative estimate of drug-likeness (QED) is 0.0325. The molecule has 5 fully saturated rings. The molecular weight excluding hydrogens is 1700 g/mol. The van der Waals surface area contributed by atoms with Crippen LogP contribution in [0.3, 0.4) is 0 Å². The number of halogens is 4. The van der Waals surface area contributed by atoms with Crippen LogP contribution in [0, 0.1) is 64.7 Å². The third-order valence-electron chi connectivity index (χ3n) is 15.9. The predicted octanol–water partition coefficient (Wildman–Crippen LogP) is 17.4. The number of rotatable bonds is 11. The number of benzene rings is 7. The number of carbonyl (C=O) groups is 7. The summed E-state index contributed by atoms with van der Waals surface area (Å²) in [7, 11) is 0. The van der Waals surface area contributed by atoms with Crippen LogP contribution >= 0.6 is 63.7 Å². The molecule has 30 heteroatoms. The van der Waals surface area contributed by atoms with E-state index in [1.807, 2.05) is 74.2 Å². The molecular formula is C80H102Br4O26. The zero-order chi connectivity index (χ0) is 84.9. The lowest BCUT2D eigenvalue weighted by Crippen LogP contribution is -2.57. The minimum atomic E-state index is -1.15. The van der Waals surface area contributed by atoms with Crippen LogP contribution in [0.5, 0.6) is 40.2 Å². The number of phenols is 6. The molecule has 12 N–H and O–H groups in total. The van der Waals surface area contributed by atoms with E-state index in [0.717, 1.165) is 18.8 Å². The van der Waals surface area contributed by atoms with Gasteiger partial charge in [0.2, 0.25) is 0 Å². The zero-order valence-corrected chi connectivity index (χ0v) is 71.2. The number of ether oxygens (including phenoxy) is 7. The van der Waals surface area contributed by atoms with Crippen LogP contribution in [-0.2, 0) is 39.2 Å². The summed E-state index contributed by atoms with van der Waals surface area (Å²) in [5.41, 5.74) is 5.03. The van der Waals surface area contributed by atoms with Gasteiger partial charge >= 0.3 is 47.8 Å². The van der Waals surface area contributed by atoms with Gasteiger partial charge in [0.15, 0.2) is 0 Å². The predicted molar refractivity (Wildman–Crippen MR) is 429 cm³/mol. The topological polar surface area (TPSA) is 427 Å². The third-order valence-corrected chi connectivity index (χ3v) is 17.8. The number of phenolic OH excluding ortho intramolecular Hbond substituents is 6. The maximum Gasteiger partial charge on any atom is 0.338 e. The first-order valence-electron chi connectivity index (χ1n) is 34.1. The van der Waals surface area contributed by atoms with Crippen molar-refractivity contribution in [2.75, 3.05) is 65.3 Å². The number of fused-ring (bicyclic) bond motifs is 3. The summed E-state index contributed by atoms with van der Waals surface area (Å²) in [6.07, 6.45) is 0. The summed E-state index contributed by atoms with van der Waals surface area (Å²) >= 11 is 12.5. The molecule has 2 bridgehead atoms. The van der Waals surface area contributed by atoms with E-state index < -0.39 is 47.8 Å². The van der Waals surface area contributed by atoms with Crippen molar-refractivity contribution in [3.05, 3.63) is 201 Å². The highest BCUT2D eigenvalue weighted by molar-refractivity contribution is 9.11. The minimum Gasteiger partial charge on any atom is -0.508 e. The number of carboxylic acids is 5. The van der Waals surface area contributed by atoms with E-state index in [0.29, 0.717) is 97.6 Å². The number of alkyl halides is 1. The van der Waals surface area contributed by atoms with Crippen molar-refractivity contribution in [1.29, 1.82) is 0 Å². The molecule has 0 spiro atoms. The van der Waals surface area contributed by atoms with Gasteiger partial charge in [-0.15, -0.1) is 0 Å². The number of esters is 2. The summed E-state index contributed by atoms with van der Waals surface area (Å²) in [4.78, 5) is 75.3. The molecule has 5 aliphatic heterocycles. The Labute approximate surface area is 675 Å². The Morgan fingerprint density at radius 1 is 0.400 bits per heavy atom. The summed E-state index contributed by atoms with van der Waals surface area (Å²) in [6, 6.07) is 27.7. The monoisotopic (exact) mass is 1790 g/mol. The standard InChI is InChI=1S/2C13H15BrO4.C10H10O4.C8H7BrO3.3C8H8O3.C5H10O2.3C2H6.CH3Br/c1-8-9(3-4-10(14)11(8)15)13-16-5-12(2,6-17-13)7-18-13;1-8-9(3-4-10(14)11(8)15)12(16)18-7-13(2)5-17-6-13;1-6-8(10(12)13)4-3-5-9(6)14-7(2)11;1-4-5(8(11)12)2-3-6(9)7(4)10;3*1-5-6(8(10)11)3-2-4-7(5)9;1-5(2-6)3-7-4-5;4*1-2/h2*3-4,15H,5-7H2,1-2H3;3-5H,1-2H3,(H,12,13);2-3,10H,1H3,(H,11,12);3*2-4,9H,1H3,(H,10,11);6H,2-4H2,1H3;3*1-2H3;1H3. The second-order valence-electron chi connectivity index (χ2n) is 24.7. The molecule has 0 saturated carbocycles. The van der Waals surface area contributed by atoms with E-state index in [9.17, 15) is 48.9 Å². The van der Waals surface area contributed by atoms with E-state index >= 15 is 0 Å². The molecule has 5 heterocycles. The first-order chi connectivity index (χ1) is 51.6. The first kappa shape index (κ1) is 101. The number of aliphatic hydroxyl groups excluding tert-OH is 1. The molecule has 0 radical (unpaired) electrons. The van der Waals surface area contributed by atoms with Gasteiger partial charge in [-0.05, 0) is 187 Å². The van der Waals surface area contributed by atoms with Crippen LogP contribution in [0.25, 0.3) is 0 Å². The Balaban J connectivity index is 0.00000123. The lowest BCUT2D eigenvalue weighted by molar-refractivity contribution is -0.477. The number of carbonyl (C=O) groups excluding carboxylic acids is 2. The van der Waals surface area contributed by atoms with Crippen LogP contribution in [0.1, 0.15) is 176 Å². The fourth-order valence-corrected chi connectivity index (χ4v) is 10.4. The van der Waals surface area contributed by atoms with E-state index in [4.69, 9.17) is 79.1 Å². The third kappa shape index (κ3) is 30.2. The number of aromatic hydroxyl groups is 6. The van der Waals surface area contributed by atoms with Crippen LogP contribution in [0.2, 0.25) is 0 Å². The Bertz CT molecular complexity index is 4010. The van der Waals surface area contributed by atoms with Gasteiger partial charge in [-0.2, -0.15) is 0 Å². The van der Waals surface area contributed by atoms with Crippen LogP contribution < -0.4 is 4.74 Å². The Morgan fingerprint density at radius 2 is 0.700 bits per heavy atom. The van der Waals surface area contributed by atoms with E-state index in [2.05, 4.69) is 70.6 Å². The number of aliphatic hydroxyl groups is 1. The molecule has 5 aliphatic rings. The van der Waals surface area contributed by atoms with Gasteiger partial charge in [-0.3, -0.25) is 4.79 Å². The van der Waals surface area contributed by atoms with Gasteiger partial charge in [0, 0.05) is 67.7 Å². The van der Waals surface area contributed by atoms with Gasteiger partial charge in [0.05, 0.1) is 99.7 Å². The Kier molecular flexibility index (Phi) is 45.0. The summed E-state index contributed by atoms with van der Waals surface area (Å²) in [6.45, 7) is 35.8. The van der Waals surface area contributed by atoms with E-state index in [-0.39, 0.29) is 90.9 Å². The van der Waals surface area contributed by atoms with Gasteiger partial charge in [-0.1, -0.05) is 103 Å². The molecule has 0 unspecified atom stereocenters. The summed E-state index contributed by atoms with van der Waals surface area (Å²) < 4.78 is 39.1. The van der Waals surface area contributed by atoms with E-state index in [1.165, 1.54) is 85.8 Å². The second kappa shape index (κ2) is 48.8. The molecule has 7 aromatic carbocycles. The highest BCUT2D eigenvalue weighted by Crippen LogP contribution is 2.47. The van der Waals surface area contributed by atoms with Gasteiger partial charge < -0.3 is 94.4 Å². The van der Waals surface area contributed by atoms with Crippen molar-refractivity contribution in [3.8, 4) is 40.2 Å². The van der Waals surface area contributed by atoms with Gasteiger partial charge in [0.25, 0.3) is 0 Å². The van der Waals surface area contributed by atoms with Crippen molar-refractivity contribution >= 4 is 106 Å². The highest BCUT2D eigenvalue weighted by atomic mass is 79.9. The molecule has 0 amide bonds. The van der Waals surface area contributed by atoms with Crippen molar-refractivity contribution in [2.24, 2.45) is 16.2 Å². The smallest absolute Gasteiger partial charge is 0.338 e. The molecule has 7 aromatic rings. The normalized spacial score (nSPS) is 15.6. The van der Waals surface area contributed by atoms with Crippen LogP contribution in [0.4, 0.5) is 0 Å². The zero-order valence-electron chi connectivity index (χ0n) is 64.9. The number of hydrogen-bond acceptors (Lipinski definition) is 21. The van der Waals surface area contributed by atoms with Crippen molar-refractivity contribution in [2.45, 2.75) is 124 Å². The maximum absolute atomic E-state index is 11.9.